The highest BCUT2D eigenvalue weighted by molar-refractivity contribution is 6.31. The maximum atomic E-state index is 5.68. The fourth-order valence-corrected chi connectivity index (χ4v) is 1.44. The van der Waals surface area contributed by atoms with E-state index in [4.69, 9.17) is 36.0 Å². The predicted molar refractivity (Wildman–Crippen MR) is 78.8 cm³/mol. The standard InChI is InChI=1S/2C8H5Cl/c1-2-7-3-5-8(9)6-4-7;1-2-7-5-3-4-6-8(7)9/h2*1,3-6H. The third-order valence-electron chi connectivity index (χ3n) is 2.04. The first-order valence-electron chi connectivity index (χ1n) is 5.10. The molecular weight excluding hydrogens is 263 g/mol. The van der Waals surface area contributed by atoms with Gasteiger partial charge in [0.1, 0.15) is 0 Å². The van der Waals surface area contributed by atoms with E-state index in [1.54, 1.807) is 18.2 Å². The van der Waals surface area contributed by atoms with Gasteiger partial charge in [0, 0.05) is 16.1 Å². The predicted octanol–water partition coefficient (Wildman–Crippen LogP) is 4.64. The minimum Gasteiger partial charge on any atom is -0.115 e. The van der Waals surface area contributed by atoms with Gasteiger partial charge in [0.05, 0.1) is 5.02 Å². The Hall–Kier alpha value is -1.86. The van der Waals surface area contributed by atoms with Crippen molar-refractivity contribution in [3.05, 3.63) is 69.7 Å². The van der Waals surface area contributed by atoms with Crippen molar-refractivity contribution < 1.29 is 0 Å². The van der Waals surface area contributed by atoms with Crippen molar-refractivity contribution in [3.8, 4) is 24.7 Å². The van der Waals surface area contributed by atoms with Crippen LogP contribution < -0.4 is 0 Å². The van der Waals surface area contributed by atoms with Gasteiger partial charge in [0.15, 0.2) is 0 Å². The van der Waals surface area contributed by atoms with Gasteiger partial charge in [-0.25, -0.2) is 0 Å². The lowest BCUT2D eigenvalue weighted by Gasteiger charge is -1.90. The molecule has 0 nitrogen and oxygen atoms in total. The van der Waals surface area contributed by atoms with Crippen LogP contribution in [0.3, 0.4) is 0 Å². The Labute approximate surface area is 118 Å². The quantitative estimate of drug-likeness (QED) is 0.613. The highest BCUT2D eigenvalue weighted by Crippen LogP contribution is 2.12. The van der Waals surface area contributed by atoms with Crippen molar-refractivity contribution in [1.29, 1.82) is 0 Å². The third kappa shape index (κ3) is 4.56. The topological polar surface area (TPSA) is 0 Å². The Morgan fingerprint density at radius 3 is 1.83 bits per heavy atom. The smallest absolute Gasteiger partial charge is 0.0562 e. The number of halogens is 2. The van der Waals surface area contributed by atoms with Crippen molar-refractivity contribution in [3.63, 3.8) is 0 Å². The Kier molecular flexibility index (Phi) is 5.89. The van der Waals surface area contributed by atoms with Crippen LogP contribution in [0.25, 0.3) is 0 Å². The molecule has 0 amide bonds. The van der Waals surface area contributed by atoms with Crippen molar-refractivity contribution in [2.24, 2.45) is 0 Å². The maximum Gasteiger partial charge on any atom is 0.0562 e. The molecule has 0 spiro atoms. The second-order valence-corrected chi connectivity index (χ2v) is 4.12. The Morgan fingerprint density at radius 2 is 1.39 bits per heavy atom. The maximum absolute atomic E-state index is 5.68. The molecule has 0 heterocycles. The number of terminal acetylenes is 2. The first kappa shape index (κ1) is 14.2. The molecule has 0 unspecified atom stereocenters. The Balaban J connectivity index is 0.000000180. The summed E-state index contributed by atoms with van der Waals surface area (Å²) in [7, 11) is 0. The largest absolute Gasteiger partial charge is 0.115 e. The minimum absolute atomic E-state index is 0.639. The molecule has 0 radical (unpaired) electrons. The lowest BCUT2D eigenvalue weighted by atomic mass is 10.2. The van der Waals surface area contributed by atoms with E-state index >= 15 is 0 Å². The van der Waals surface area contributed by atoms with Gasteiger partial charge in [-0.1, -0.05) is 47.2 Å². The lowest BCUT2D eigenvalue weighted by molar-refractivity contribution is 1.65. The molecular formula is C16H10Cl2. The van der Waals surface area contributed by atoms with E-state index in [2.05, 4.69) is 11.8 Å². The molecule has 18 heavy (non-hydrogen) atoms. The summed E-state index contributed by atoms with van der Waals surface area (Å²) in [5, 5.41) is 1.36. The fraction of sp³-hybridized carbons (Fsp3) is 0. The van der Waals surface area contributed by atoms with E-state index in [0.29, 0.717) is 10.0 Å². The van der Waals surface area contributed by atoms with Gasteiger partial charge in [0.2, 0.25) is 0 Å². The van der Waals surface area contributed by atoms with E-state index in [9.17, 15) is 0 Å². The summed E-state index contributed by atoms with van der Waals surface area (Å²) in [5.41, 5.74) is 1.61. The van der Waals surface area contributed by atoms with E-state index in [0.717, 1.165) is 11.1 Å². The zero-order chi connectivity index (χ0) is 13.4. The van der Waals surface area contributed by atoms with Crippen LogP contribution in [0.15, 0.2) is 48.5 Å². The minimum atomic E-state index is 0.639. The molecule has 88 valence electrons. The summed E-state index contributed by atoms with van der Waals surface area (Å²) in [5.74, 6) is 4.96. The highest BCUT2D eigenvalue weighted by atomic mass is 35.5. The molecule has 0 bridgehead atoms. The molecule has 0 aliphatic carbocycles. The highest BCUT2D eigenvalue weighted by Gasteiger charge is 1.90. The van der Waals surface area contributed by atoms with Crippen LogP contribution >= 0.6 is 23.2 Å². The van der Waals surface area contributed by atoms with Crippen LogP contribution in [-0.2, 0) is 0 Å². The van der Waals surface area contributed by atoms with Gasteiger partial charge in [-0.2, -0.15) is 0 Å². The summed E-state index contributed by atoms with van der Waals surface area (Å²) < 4.78 is 0. The van der Waals surface area contributed by atoms with Crippen molar-refractivity contribution in [2.75, 3.05) is 0 Å². The van der Waals surface area contributed by atoms with Crippen LogP contribution in [0, 0.1) is 24.7 Å². The summed E-state index contributed by atoms with van der Waals surface area (Å²) >= 11 is 11.3. The average molecular weight is 273 g/mol. The number of hydrogen-bond acceptors (Lipinski definition) is 0. The Bertz CT molecular complexity index is 584. The van der Waals surface area contributed by atoms with E-state index in [1.165, 1.54) is 0 Å². The fourth-order valence-electron chi connectivity index (χ4n) is 1.12. The average Bonchev–Trinajstić information content (AvgIpc) is 2.41. The summed E-state index contributed by atoms with van der Waals surface area (Å²) in [6, 6.07) is 14.5. The summed E-state index contributed by atoms with van der Waals surface area (Å²) in [4.78, 5) is 0. The van der Waals surface area contributed by atoms with E-state index in [-0.39, 0.29) is 0 Å². The van der Waals surface area contributed by atoms with Gasteiger partial charge < -0.3 is 0 Å². The van der Waals surface area contributed by atoms with Crippen LogP contribution in [0.5, 0.6) is 0 Å². The van der Waals surface area contributed by atoms with Crippen molar-refractivity contribution in [1.82, 2.24) is 0 Å². The first-order chi connectivity index (χ1) is 8.67. The van der Waals surface area contributed by atoms with Gasteiger partial charge >= 0.3 is 0 Å². The number of hydrogen-bond donors (Lipinski definition) is 0. The molecule has 2 rings (SSSR count). The molecule has 2 aromatic rings. The van der Waals surface area contributed by atoms with Gasteiger partial charge in [-0.3, -0.25) is 0 Å². The molecule has 2 heteroatoms. The normalized spacial score (nSPS) is 8.44. The van der Waals surface area contributed by atoms with E-state index < -0.39 is 0 Å². The van der Waals surface area contributed by atoms with E-state index in [1.807, 2.05) is 30.3 Å². The summed E-state index contributed by atoms with van der Waals surface area (Å²) in [6.07, 6.45) is 10.2. The van der Waals surface area contributed by atoms with Crippen LogP contribution in [-0.4, -0.2) is 0 Å². The van der Waals surface area contributed by atoms with Gasteiger partial charge in [-0.05, 0) is 36.4 Å². The second kappa shape index (κ2) is 7.46. The Morgan fingerprint density at radius 1 is 0.778 bits per heavy atom. The molecule has 0 fully saturated rings. The molecule has 0 saturated carbocycles. The van der Waals surface area contributed by atoms with Crippen LogP contribution in [0.2, 0.25) is 10.0 Å². The molecule has 2 aromatic carbocycles. The molecule has 0 aliphatic heterocycles. The third-order valence-corrected chi connectivity index (χ3v) is 2.62. The molecule has 0 saturated heterocycles. The first-order valence-corrected chi connectivity index (χ1v) is 5.86. The summed E-state index contributed by atoms with van der Waals surface area (Å²) in [6.45, 7) is 0. The van der Waals surface area contributed by atoms with Crippen molar-refractivity contribution >= 4 is 23.2 Å². The number of benzene rings is 2. The zero-order valence-electron chi connectivity index (χ0n) is 9.53. The van der Waals surface area contributed by atoms with Crippen molar-refractivity contribution in [2.45, 2.75) is 0 Å². The molecule has 0 aromatic heterocycles. The molecule has 0 N–H and O–H groups in total. The van der Waals surface area contributed by atoms with Crippen LogP contribution in [0.4, 0.5) is 0 Å². The van der Waals surface area contributed by atoms with Gasteiger partial charge in [-0.15, -0.1) is 12.8 Å². The molecule has 0 atom stereocenters. The monoisotopic (exact) mass is 272 g/mol. The lowest BCUT2D eigenvalue weighted by Crippen LogP contribution is -1.71. The number of rotatable bonds is 0. The molecule has 0 aliphatic rings. The van der Waals surface area contributed by atoms with Gasteiger partial charge in [0.25, 0.3) is 0 Å². The second-order valence-electron chi connectivity index (χ2n) is 3.28. The van der Waals surface area contributed by atoms with Crippen LogP contribution in [0.1, 0.15) is 11.1 Å². The SMILES string of the molecule is C#Cc1ccc(Cl)cc1.C#Cc1ccccc1Cl. The zero-order valence-corrected chi connectivity index (χ0v) is 11.0.